The fraction of sp³-hybridized carbons (Fsp3) is 0.636. The number of nitrogens with zero attached hydrogens (tertiary/aromatic N) is 2. The highest BCUT2D eigenvalue weighted by Gasteiger charge is 2.53. The van der Waals surface area contributed by atoms with Gasteiger partial charge in [-0.15, -0.1) is 12.4 Å². The Morgan fingerprint density at radius 2 is 2.18 bits per heavy atom. The van der Waals surface area contributed by atoms with E-state index in [0.717, 1.165) is 18.8 Å². The van der Waals surface area contributed by atoms with Crippen molar-refractivity contribution >= 4 is 18.3 Å². The largest absolute Gasteiger partial charge is 0.347 e. The Labute approximate surface area is 106 Å². The lowest BCUT2D eigenvalue weighted by atomic mass is 10.3. The van der Waals surface area contributed by atoms with Gasteiger partial charge in [0.05, 0.1) is 0 Å². The van der Waals surface area contributed by atoms with Gasteiger partial charge in [0.25, 0.3) is 5.91 Å². The maximum Gasteiger partial charge on any atom is 0.272 e. The molecule has 0 radical (unpaired) electrons. The molecule has 2 fully saturated rings. The van der Waals surface area contributed by atoms with Crippen LogP contribution in [0.25, 0.3) is 0 Å². The predicted octanol–water partition coefficient (Wildman–Crippen LogP) is 0.0979. The molecule has 1 aromatic heterocycles. The van der Waals surface area contributed by atoms with E-state index in [4.69, 9.17) is 0 Å². The van der Waals surface area contributed by atoms with Crippen LogP contribution in [-0.4, -0.2) is 34.8 Å². The van der Waals surface area contributed by atoms with E-state index < -0.39 is 0 Å². The number of piperidine rings is 1. The van der Waals surface area contributed by atoms with Crippen LogP contribution in [0.5, 0.6) is 0 Å². The molecule has 2 N–H and O–H groups in total. The lowest BCUT2D eigenvalue weighted by Gasteiger charge is -2.05. The summed E-state index contributed by atoms with van der Waals surface area (Å²) in [4.78, 5) is 11.9. The second-order valence-corrected chi connectivity index (χ2v) is 4.78. The third kappa shape index (κ3) is 2.05. The minimum absolute atomic E-state index is 0. The Hall–Kier alpha value is -1.07. The second kappa shape index (κ2) is 4.31. The second-order valence-electron chi connectivity index (χ2n) is 4.78. The third-order valence-electron chi connectivity index (χ3n) is 3.74. The SMILES string of the molecule is Cc1cc(C(=O)NC2C3CNCC32)nn1C.Cl. The monoisotopic (exact) mass is 256 g/mol. The van der Waals surface area contributed by atoms with E-state index in [1.54, 1.807) is 4.68 Å². The zero-order chi connectivity index (χ0) is 11.3. The molecule has 2 heterocycles. The quantitative estimate of drug-likeness (QED) is 0.789. The van der Waals surface area contributed by atoms with Gasteiger partial charge in [-0.25, -0.2) is 0 Å². The number of fused-ring (bicyclic) bond motifs is 1. The van der Waals surface area contributed by atoms with Gasteiger partial charge in [-0.05, 0) is 24.8 Å². The lowest BCUT2D eigenvalue weighted by molar-refractivity contribution is 0.0941. The Bertz CT molecular complexity index is 415. The minimum atomic E-state index is -0.0388. The zero-order valence-electron chi connectivity index (χ0n) is 9.93. The highest BCUT2D eigenvalue weighted by atomic mass is 35.5. The van der Waals surface area contributed by atoms with Gasteiger partial charge in [-0.2, -0.15) is 5.10 Å². The fourth-order valence-electron chi connectivity index (χ4n) is 2.53. The first-order valence-corrected chi connectivity index (χ1v) is 5.69. The van der Waals surface area contributed by atoms with Crippen molar-refractivity contribution in [2.45, 2.75) is 13.0 Å². The molecule has 3 rings (SSSR count). The molecule has 1 aliphatic heterocycles. The van der Waals surface area contributed by atoms with E-state index in [0.29, 0.717) is 23.6 Å². The molecule has 0 aromatic carbocycles. The summed E-state index contributed by atoms with van der Waals surface area (Å²) in [6.45, 7) is 4.02. The molecule has 1 saturated heterocycles. The number of nitrogens with one attached hydrogen (secondary N) is 2. The summed E-state index contributed by atoms with van der Waals surface area (Å²) in [5, 5.41) is 10.5. The average Bonchev–Trinajstić information content (AvgIpc) is 2.67. The number of carbonyl (C=O) groups is 1. The van der Waals surface area contributed by atoms with Crippen LogP contribution in [0.4, 0.5) is 0 Å². The summed E-state index contributed by atoms with van der Waals surface area (Å²) in [6, 6.07) is 2.20. The van der Waals surface area contributed by atoms with Crippen molar-refractivity contribution in [3.8, 4) is 0 Å². The topological polar surface area (TPSA) is 59.0 Å². The van der Waals surface area contributed by atoms with Crippen LogP contribution in [-0.2, 0) is 7.05 Å². The summed E-state index contributed by atoms with van der Waals surface area (Å²) in [7, 11) is 1.85. The molecule has 1 amide bonds. The van der Waals surface area contributed by atoms with E-state index in [2.05, 4.69) is 15.7 Å². The molecule has 2 atom stereocenters. The van der Waals surface area contributed by atoms with Crippen molar-refractivity contribution < 1.29 is 4.79 Å². The predicted molar refractivity (Wildman–Crippen MR) is 66.3 cm³/mol. The number of aromatic nitrogens is 2. The molecule has 0 bridgehead atoms. The molecule has 5 nitrogen and oxygen atoms in total. The third-order valence-corrected chi connectivity index (χ3v) is 3.74. The maximum absolute atomic E-state index is 11.9. The van der Waals surface area contributed by atoms with Crippen LogP contribution in [0.15, 0.2) is 6.07 Å². The van der Waals surface area contributed by atoms with Crippen LogP contribution >= 0.6 is 12.4 Å². The highest BCUT2D eigenvalue weighted by Crippen LogP contribution is 2.41. The summed E-state index contributed by atoms with van der Waals surface area (Å²) in [5.74, 6) is 1.26. The maximum atomic E-state index is 11.9. The van der Waals surface area contributed by atoms with Gasteiger partial charge in [0.1, 0.15) is 5.69 Å². The number of rotatable bonds is 2. The number of amides is 1. The van der Waals surface area contributed by atoms with Crippen molar-refractivity contribution in [2.75, 3.05) is 13.1 Å². The highest BCUT2D eigenvalue weighted by molar-refractivity contribution is 5.92. The first-order chi connectivity index (χ1) is 7.66. The van der Waals surface area contributed by atoms with Gasteiger partial charge < -0.3 is 10.6 Å². The smallest absolute Gasteiger partial charge is 0.272 e. The van der Waals surface area contributed by atoms with Gasteiger partial charge in [0.2, 0.25) is 0 Å². The standard InChI is InChI=1S/C11H16N4O.ClH/c1-6-3-9(14-15(6)2)11(16)13-10-7-4-12-5-8(7)10;/h3,7-8,10,12H,4-5H2,1-2H3,(H,13,16);1H. The van der Waals surface area contributed by atoms with E-state index in [1.165, 1.54) is 0 Å². The molecular weight excluding hydrogens is 240 g/mol. The van der Waals surface area contributed by atoms with Crippen molar-refractivity contribution in [3.63, 3.8) is 0 Å². The van der Waals surface area contributed by atoms with Gasteiger partial charge in [-0.1, -0.05) is 0 Å². The van der Waals surface area contributed by atoms with Crippen LogP contribution in [0.3, 0.4) is 0 Å². The first-order valence-electron chi connectivity index (χ1n) is 5.69. The normalized spacial score (nSPS) is 29.4. The minimum Gasteiger partial charge on any atom is -0.347 e. The fourth-order valence-corrected chi connectivity index (χ4v) is 2.53. The van der Waals surface area contributed by atoms with Gasteiger partial charge in [-0.3, -0.25) is 9.48 Å². The van der Waals surface area contributed by atoms with Crippen LogP contribution in [0.1, 0.15) is 16.2 Å². The van der Waals surface area contributed by atoms with Crippen molar-refractivity contribution in [2.24, 2.45) is 18.9 Å². The molecule has 17 heavy (non-hydrogen) atoms. The zero-order valence-corrected chi connectivity index (χ0v) is 10.8. The molecule has 6 heteroatoms. The molecule has 94 valence electrons. The molecule has 1 aromatic rings. The molecule has 1 aliphatic carbocycles. The molecule has 0 spiro atoms. The van der Waals surface area contributed by atoms with Crippen LogP contribution in [0.2, 0.25) is 0 Å². The van der Waals surface area contributed by atoms with Gasteiger partial charge >= 0.3 is 0 Å². The van der Waals surface area contributed by atoms with Crippen molar-refractivity contribution in [1.29, 1.82) is 0 Å². The summed E-state index contributed by atoms with van der Waals surface area (Å²) in [6.07, 6.45) is 0. The van der Waals surface area contributed by atoms with E-state index in [9.17, 15) is 4.79 Å². The number of carbonyl (C=O) groups excluding carboxylic acids is 1. The van der Waals surface area contributed by atoms with Crippen LogP contribution < -0.4 is 10.6 Å². The number of hydrogen-bond acceptors (Lipinski definition) is 3. The first kappa shape index (κ1) is 12.4. The average molecular weight is 257 g/mol. The van der Waals surface area contributed by atoms with E-state index in [-0.39, 0.29) is 18.3 Å². The van der Waals surface area contributed by atoms with Crippen molar-refractivity contribution in [3.05, 3.63) is 17.5 Å². The van der Waals surface area contributed by atoms with Crippen molar-refractivity contribution in [1.82, 2.24) is 20.4 Å². The number of hydrogen-bond donors (Lipinski definition) is 2. The van der Waals surface area contributed by atoms with E-state index in [1.807, 2.05) is 20.0 Å². The van der Waals surface area contributed by atoms with Crippen LogP contribution in [0, 0.1) is 18.8 Å². The molecule has 2 aliphatic rings. The van der Waals surface area contributed by atoms with Gasteiger partial charge in [0, 0.05) is 31.9 Å². The summed E-state index contributed by atoms with van der Waals surface area (Å²) < 4.78 is 1.73. The summed E-state index contributed by atoms with van der Waals surface area (Å²) >= 11 is 0. The lowest BCUT2D eigenvalue weighted by Crippen LogP contribution is -2.32. The summed E-state index contributed by atoms with van der Waals surface area (Å²) in [5.41, 5.74) is 1.53. The Balaban J connectivity index is 0.00000108. The molecular formula is C11H17ClN4O. The van der Waals surface area contributed by atoms with E-state index >= 15 is 0 Å². The molecule has 1 saturated carbocycles. The number of halogens is 1. The number of aryl methyl sites for hydroxylation is 2. The Morgan fingerprint density at radius 3 is 2.71 bits per heavy atom. The Kier molecular flexibility index (Phi) is 3.14. The van der Waals surface area contributed by atoms with Gasteiger partial charge in [0.15, 0.2) is 0 Å². The Morgan fingerprint density at radius 1 is 1.53 bits per heavy atom. The molecule has 2 unspecified atom stereocenters.